The molecule has 1 atom stereocenters. The van der Waals surface area contributed by atoms with Crippen molar-refractivity contribution in [1.29, 1.82) is 5.26 Å². The maximum Gasteiger partial charge on any atom is 0.243 e. The van der Waals surface area contributed by atoms with Crippen LogP contribution < -0.4 is 5.32 Å². The second-order valence-electron chi connectivity index (χ2n) is 8.25. The normalized spacial score (nSPS) is 17.4. The van der Waals surface area contributed by atoms with Gasteiger partial charge < -0.3 is 14.6 Å². The van der Waals surface area contributed by atoms with Gasteiger partial charge in [0.2, 0.25) is 27.5 Å². The fraction of sp³-hybridized carbons (Fsp3) is 0.565. The van der Waals surface area contributed by atoms with E-state index in [0.717, 1.165) is 38.9 Å². The topological polar surface area (TPSA) is 102 Å². The zero-order chi connectivity index (χ0) is 23.1. The molecule has 32 heavy (non-hydrogen) atoms. The summed E-state index contributed by atoms with van der Waals surface area (Å²) in [5.41, 5.74) is 0.825. The number of hydrogen-bond donors (Lipinski definition) is 1. The molecule has 2 aromatic rings. The van der Waals surface area contributed by atoms with E-state index in [9.17, 15) is 13.7 Å². The predicted octanol–water partition coefficient (Wildman–Crippen LogP) is 3.78. The molecule has 0 saturated carbocycles. The summed E-state index contributed by atoms with van der Waals surface area (Å²) in [6, 6.07) is 8.58. The van der Waals surface area contributed by atoms with Crippen LogP contribution >= 0.6 is 0 Å². The second-order valence-corrected chi connectivity index (χ2v) is 10.2. The van der Waals surface area contributed by atoms with Gasteiger partial charge >= 0.3 is 0 Å². The van der Waals surface area contributed by atoms with Gasteiger partial charge in [-0.3, -0.25) is 0 Å². The van der Waals surface area contributed by atoms with Crippen molar-refractivity contribution in [3.63, 3.8) is 0 Å². The first-order valence-electron chi connectivity index (χ1n) is 11.4. The molecule has 174 valence electrons. The summed E-state index contributed by atoms with van der Waals surface area (Å²) in [5.74, 6) is 1.01. The third-order valence-corrected chi connectivity index (χ3v) is 7.80. The lowest BCUT2D eigenvalue weighted by atomic mass is 10.0. The molecule has 0 amide bonds. The van der Waals surface area contributed by atoms with Gasteiger partial charge in [-0.2, -0.15) is 14.6 Å². The lowest BCUT2D eigenvalue weighted by Crippen LogP contribution is -2.39. The number of hydrogen-bond acceptors (Lipinski definition) is 7. The molecule has 3 rings (SSSR count). The number of sulfonamides is 1. The summed E-state index contributed by atoms with van der Waals surface area (Å²) in [5, 5.41) is 12.6. The van der Waals surface area contributed by atoms with Crippen LogP contribution in [0.5, 0.6) is 0 Å². The minimum Gasteiger partial charge on any atom is -0.419 e. The number of nitriles is 1. The Labute approximate surface area is 191 Å². The molecule has 0 spiro atoms. The summed E-state index contributed by atoms with van der Waals surface area (Å²) >= 11 is 0. The average molecular weight is 460 g/mol. The highest BCUT2D eigenvalue weighted by molar-refractivity contribution is 7.89. The van der Waals surface area contributed by atoms with Crippen molar-refractivity contribution in [1.82, 2.24) is 14.2 Å². The number of anilines is 1. The van der Waals surface area contributed by atoms with E-state index in [4.69, 9.17) is 4.42 Å². The number of rotatable bonds is 10. The van der Waals surface area contributed by atoms with Crippen molar-refractivity contribution >= 4 is 15.9 Å². The van der Waals surface area contributed by atoms with Crippen LogP contribution in [-0.4, -0.2) is 61.9 Å². The monoisotopic (exact) mass is 459 g/mol. The molecule has 0 aliphatic carbocycles. The highest BCUT2D eigenvalue weighted by Gasteiger charge is 2.28. The van der Waals surface area contributed by atoms with E-state index in [2.05, 4.69) is 42.0 Å². The quantitative estimate of drug-likeness (QED) is 0.539. The van der Waals surface area contributed by atoms with Crippen LogP contribution in [0, 0.1) is 17.2 Å². The molecule has 1 N–H and O–H groups in total. The summed E-state index contributed by atoms with van der Waals surface area (Å²) in [6.07, 6.45) is 2.86. The number of benzene rings is 1. The molecule has 0 bridgehead atoms. The average Bonchev–Trinajstić information content (AvgIpc) is 3.22. The minimum atomic E-state index is -3.51. The first-order valence-corrected chi connectivity index (χ1v) is 12.8. The van der Waals surface area contributed by atoms with Crippen LogP contribution in [0.2, 0.25) is 0 Å². The Balaban J connectivity index is 1.69. The molecule has 1 aliphatic heterocycles. The van der Waals surface area contributed by atoms with Crippen LogP contribution in [0.4, 0.5) is 5.88 Å². The molecule has 0 unspecified atom stereocenters. The molecule has 1 aromatic carbocycles. The maximum atomic E-state index is 13.0. The van der Waals surface area contributed by atoms with Gasteiger partial charge in [0, 0.05) is 25.2 Å². The molecule has 9 heteroatoms. The molecule has 0 radical (unpaired) electrons. The Morgan fingerprint density at radius 1 is 1.28 bits per heavy atom. The van der Waals surface area contributed by atoms with Crippen molar-refractivity contribution in [2.45, 2.75) is 44.9 Å². The fourth-order valence-electron chi connectivity index (χ4n) is 3.97. The molecular weight excluding hydrogens is 426 g/mol. The minimum absolute atomic E-state index is 0.196. The van der Waals surface area contributed by atoms with Crippen LogP contribution in [0.25, 0.3) is 11.5 Å². The molecule has 1 fully saturated rings. The van der Waals surface area contributed by atoms with E-state index in [-0.39, 0.29) is 10.6 Å². The Bertz CT molecular complexity index is 1020. The van der Waals surface area contributed by atoms with Crippen molar-refractivity contribution < 1.29 is 12.8 Å². The zero-order valence-corrected chi connectivity index (χ0v) is 20.0. The third-order valence-electron chi connectivity index (χ3n) is 5.92. The Morgan fingerprint density at radius 3 is 2.62 bits per heavy atom. The van der Waals surface area contributed by atoms with E-state index in [0.29, 0.717) is 42.9 Å². The number of aromatic nitrogens is 1. The molecule has 1 aliphatic rings. The van der Waals surface area contributed by atoms with E-state index in [1.54, 1.807) is 28.6 Å². The first-order chi connectivity index (χ1) is 15.4. The van der Waals surface area contributed by atoms with Gasteiger partial charge in [-0.1, -0.05) is 20.8 Å². The highest BCUT2D eigenvalue weighted by Crippen LogP contribution is 2.28. The molecule has 8 nitrogen and oxygen atoms in total. The molecule has 1 saturated heterocycles. The molecule has 2 heterocycles. The summed E-state index contributed by atoms with van der Waals surface area (Å²) in [7, 11) is -3.51. The van der Waals surface area contributed by atoms with Gasteiger partial charge in [0.05, 0.1) is 4.90 Å². The van der Waals surface area contributed by atoms with Crippen molar-refractivity contribution in [2.24, 2.45) is 5.92 Å². The van der Waals surface area contributed by atoms with E-state index >= 15 is 0 Å². The number of oxazole rings is 1. The smallest absolute Gasteiger partial charge is 0.243 e. The van der Waals surface area contributed by atoms with Gasteiger partial charge in [-0.15, -0.1) is 0 Å². The van der Waals surface area contributed by atoms with Crippen molar-refractivity contribution in [3.05, 3.63) is 30.0 Å². The summed E-state index contributed by atoms with van der Waals surface area (Å²) < 4.78 is 33.3. The van der Waals surface area contributed by atoms with E-state index in [1.807, 2.05) is 0 Å². The largest absolute Gasteiger partial charge is 0.419 e. The molecular formula is C23H33N5O3S. The number of piperidine rings is 1. The Morgan fingerprint density at radius 2 is 2.00 bits per heavy atom. The number of nitrogens with zero attached hydrogens (tertiary/aromatic N) is 4. The fourth-order valence-corrected chi connectivity index (χ4v) is 5.57. The Hall–Kier alpha value is -2.41. The van der Waals surface area contributed by atoms with Crippen LogP contribution in [0.1, 0.15) is 45.7 Å². The second kappa shape index (κ2) is 10.9. The lowest BCUT2D eigenvalue weighted by Gasteiger charge is -2.30. The van der Waals surface area contributed by atoms with E-state index < -0.39 is 10.0 Å². The predicted molar refractivity (Wildman–Crippen MR) is 125 cm³/mol. The van der Waals surface area contributed by atoms with Crippen LogP contribution in [0.15, 0.2) is 33.6 Å². The summed E-state index contributed by atoms with van der Waals surface area (Å²) in [4.78, 5) is 6.87. The van der Waals surface area contributed by atoms with Gasteiger partial charge in [0.25, 0.3) is 0 Å². The van der Waals surface area contributed by atoms with Gasteiger partial charge in [0.15, 0.2) is 0 Å². The van der Waals surface area contributed by atoms with Crippen molar-refractivity contribution in [3.8, 4) is 17.5 Å². The van der Waals surface area contributed by atoms with Gasteiger partial charge in [-0.25, -0.2) is 8.42 Å². The first kappa shape index (κ1) is 24.2. The standard InChI is InChI=1S/C23H33N5O3S/c1-4-27(5-2)14-7-13-25-23-21(16-24)26-22(31-23)19-9-11-20(12-10-19)32(29,30)28-15-6-8-18(3)17-28/h9-12,18,25H,4-8,13-15,17H2,1-3H3/t18-/m0/s1. The lowest BCUT2D eigenvalue weighted by molar-refractivity contribution is 0.281. The van der Waals surface area contributed by atoms with Gasteiger partial charge in [-0.05, 0) is 69.1 Å². The van der Waals surface area contributed by atoms with Crippen LogP contribution in [-0.2, 0) is 10.0 Å². The maximum absolute atomic E-state index is 13.0. The third kappa shape index (κ3) is 5.68. The van der Waals surface area contributed by atoms with Crippen LogP contribution in [0.3, 0.4) is 0 Å². The van der Waals surface area contributed by atoms with Crippen molar-refractivity contribution in [2.75, 3.05) is 44.6 Å². The molecule has 1 aromatic heterocycles. The zero-order valence-electron chi connectivity index (χ0n) is 19.2. The van der Waals surface area contributed by atoms with Gasteiger partial charge in [0.1, 0.15) is 6.07 Å². The highest BCUT2D eigenvalue weighted by atomic mass is 32.2. The number of nitrogens with one attached hydrogen (secondary N) is 1. The summed E-state index contributed by atoms with van der Waals surface area (Å²) in [6.45, 7) is 11.1. The van der Waals surface area contributed by atoms with E-state index in [1.165, 1.54) is 0 Å². The Kier molecular flexibility index (Phi) is 8.29. The SMILES string of the molecule is CCN(CC)CCCNc1oc(-c2ccc(S(=O)(=O)N3CCC[C@H](C)C3)cc2)nc1C#N.